The number of rotatable bonds is 5. The van der Waals surface area contributed by atoms with Crippen molar-refractivity contribution in [1.82, 2.24) is 10.3 Å². The summed E-state index contributed by atoms with van der Waals surface area (Å²) in [6.07, 6.45) is -0.158. The van der Waals surface area contributed by atoms with Crippen molar-refractivity contribution in [3.05, 3.63) is 11.1 Å². The Hall–Kier alpha value is -1.96. The molecule has 0 aliphatic rings. The molecular formula is C10H13N3O4S. The minimum Gasteiger partial charge on any atom is -0.481 e. The maximum atomic E-state index is 11.7. The van der Waals surface area contributed by atoms with Crippen LogP contribution in [0.3, 0.4) is 0 Å². The lowest BCUT2D eigenvalue weighted by Gasteiger charge is -2.09. The van der Waals surface area contributed by atoms with Crippen molar-refractivity contribution in [2.24, 2.45) is 0 Å². The zero-order valence-corrected chi connectivity index (χ0v) is 10.7. The maximum absolute atomic E-state index is 11.7. The normalized spacial score (nSPS) is 11.7. The van der Waals surface area contributed by atoms with E-state index in [0.29, 0.717) is 5.13 Å². The molecule has 1 atom stereocenters. The van der Waals surface area contributed by atoms with Gasteiger partial charge in [-0.3, -0.25) is 14.4 Å². The van der Waals surface area contributed by atoms with Crippen LogP contribution >= 0.6 is 11.3 Å². The molecule has 3 N–H and O–H groups in total. The van der Waals surface area contributed by atoms with Crippen LogP contribution in [0.25, 0.3) is 0 Å². The molecule has 0 saturated heterocycles. The van der Waals surface area contributed by atoms with Crippen LogP contribution in [0.1, 0.15) is 30.8 Å². The van der Waals surface area contributed by atoms with Gasteiger partial charge in [-0.05, 0) is 6.92 Å². The monoisotopic (exact) mass is 271 g/mol. The lowest BCUT2D eigenvalue weighted by molar-refractivity contribution is -0.137. The summed E-state index contributed by atoms with van der Waals surface area (Å²) in [6, 6.07) is -0.485. The van der Waals surface area contributed by atoms with Crippen molar-refractivity contribution in [2.45, 2.75) is 26.3 Å². The molecule has 1 heterocycles. The molecule has 2 amide bonds. The van der Waals surface area contributed by atoms with Crippen LogP contribution < -0.4 is 10.6 Å². The number of thiazole rings is 1. The molecule has 98 valence electrons. The van der Waals surface area contributed by atoms with Crippen molar-refractivity contribution in [3.8, 4) is 0 Å². The third kappa shape index (κ3) is 4.50. The van der Waals surface area contributed by atoms with E-state index in [0.717, 1.165) is 11.3 Å². The van der Waals surface area contributed by atoms with E-state index in [1.165, 1.54) is 12.3 Å². The number of amides is 2. The minimum absolute atomic E-state index is 0.154. The van der Waals surface area contributed by atoms with Crippen molar-refractivity contribution in [3.63, 3.8) is 0 Å². The van der Waals surface area contributed by atoms with Gasteiger partial charge >= 0.3 is 5.97 Å². The zero-order valence-electron chi connectivity index (χ0n) is 9.89. The fourth-order valence-corrected chi connectivity index (χ4v) is 1.93. The van der Waals surface area contributed by atoms with Gasteiger partial charge in [-0.25, -0.2) is 4.98 Å². The summed E-state index contributed by atoms with van der Waals surface area (Å²) >= 11 is 1.13. The Bertz CT molecular complexity index is 471. The molecule has 0 aromatic carbocycles. The molecule has 1 aromatic heterocycles. The quantitative estimate of drug-likeness (QED) is 0.730. The first kappa shape index (κ1) is 14.1. The summed E-state index contributed by atoms with van der Waals surface area (Å²) in [5, 5.41) is 15.4. The Kier molecular flexibility index (Phi) is 4.78. The van der Waals surface area contributed by atoms with Gasteiger partial charge in [-0.2, -0.15) is 0 Å². The van der Waals surface area contributed by atoms with Gasteiger partial charge in [0.05, 0.1) is 6.42 Å². The zero-order chi connectivity index (χ0) is 13.7. The molecule has 1 rings (SSSR count). The maximum Gasteiger partial charge on any atom is 0.305 e. The van der Waals surface area contributed by atoms with Crippen LogP contribution in [0, 0.1) is 0 Å². The number of aromatic nitrogens is 1. The predicted molar refractivity (Wildman–Crippen MR) is 65.6 cm³/mol. The van der Waals surface area contributed by atoms with E-state index in [2.05, 4.69) is 15.6 Å². The SMILES string of the molecule is CC(=O)Nc1nc(C(=O)NC(C)CC(=O)O)cs1. The second-order valence-corrected chi connectivity index (χ2v) is 4.55. The van der Waals surface area contributed by atoms with E-state index >= 15 is 0 Å². The lowest BCUT2D eigenvalue weighted by Crippen LogP contribution is -2.34. The van der Waals surface area contributed by atoms with Crippen LogP contribution in [-0.4, -0.2) is 33.9 Å². The molecule has 0 bridgehead atoms. The number of carbonyl (C=O) groups excluding carboxylic acids is 2. The standard InChI is InChI=1S/C10H13N3O4S/c1-5(3-8(15)16)11-9(17)7-4-18-10(13-7)12-6(2)14/h4-5H,3H2,1-2H3,(H,11,17)(H,15,16)(H,12,13,14). The Morgan fingerprint density at radius 2 is 2.17 bits per heavy atom. The summed E-state index contributed by atoms with van der Waals surface area (Å²) in [4.78, 5) is 36.8. The van der Waals surface area contributed by atoms with Gasteiger partial charge in [0.25, 0.3) is 5.91 Å². The van der Waals surface area contributed by atoms with Crippen LogP contribution in [0.5, 0.6) is 0 Å². The molecule has 8 heteroatoms. The van der Waals surface area contributed by atoms with Gasteiger partial charge in [-0.15, -0.1) is 11.3 Å². The highest BCUT2D eigenvalue weighted by Crippen LogP contribution is 2.15. The lowest BCUT2D eigenvalue weighted by atomic mass is 10.2. The highest BCUT2D eigenvalue weighted by atomic mass is 32.1. The van der Waals surface area contributed by atoms with Gasteiger partial charge in [-0.1, -0.05) is 0 Å². The summed E-state index contributed by atoms with van der Waals surface area (Å²) in [6.45, 7) is 2.93. The summed E-state index contributed by atoms with van der Waals surface area (Å²) in [5.41, 5.74) is 0.154. The van der Waals surface area contributed by atoms with Gasteiger partial charge in [0.1, 0.15) is 5.69 Å². The van der Waals surface area contributed by atoms with Gasteiger partial charge < -0.3 is 15.7 Å². The summed E-state index contributed by atoms with van der Waals surface area (Å²) in [7, 11) is 0. The molecular weight excluding hydrogens is 258 g/mol. The number of nitrogens with one attached hydrogen (secondary N) is 2. The Morgan fingerprint density at radius 1 is 1.50 bits per heavy atom. The van der Waals surface area contributed by atoms with Crippen molar-refractivity contribution in [2.75, 3.05) is 5.32 Å². The van der Waals surface area contributed by atoms with E-state index in [4.69, 9.17) is 5.11 Å². The highest BCUT2D eigenvalue weighted by Gasteiger charge is 2.15. The van der Waals surface area contributed by atoms with Crippen LogP contribution in [0.4, 0.5) is 5.13 Å². The molecule has 1 unspecified atom stereocenters. The largest absolute Gasteiger partial charge is 0.481 e. The number of anilines is 1. The van der Waals surface area contributed by atoms with E-state index < -0.39 is 17.9 Å². The topological polar surface area (TPSA) is 108 Å². The minimum atomic E-state index is -0.986. The summed E-state index contributed by atoms with van der Waals surface area (Å²) in [5.74, 6) is -1.72. The molecule has 0 aliphatic carbocycles. The molecule has 7 nitrogen and oxygen atoms in total. The van der Waals surface area contributed by atoms with Gasteiger partial charge in [0.15, 0.2) is 5.13 Å². The number of hydrogen-bond acceptors (Lipinski definition) is 5. The van der Waals surface area contributed by atoms with Crippen LogP contribution in [0.15, 0.2) is 5.38 Å². The van der Waals surface area contributed by atoms with Crippen molar-refractivity contribution >= 4 is 34.3 Å². The number of nitrogens with zero attached hydrogens (tertiary/aromatic N) is 1. The van der Waals surface area contributed by atoms with Gasteiger partial charge in [0, 0.05) is 18.3 Å². The second-order valence-electron chi connectivity index (χ2n) is 3.69. The number of carboxylic acids is 1. The molecule has 0 saturated carbocycles. The van der Waals surface area contributed by atoms with E-state index in [1.807, 2.05) is 0 Å². The predicted octanol–water partition coefficient (Wildman–Crippen LogP) is 0.694. The molecule has 0 radical (unpaired) electrons. The van der Waals surface area contributed by atoms with Crippen LogP contribution in [0.2, 0.25) is 0 Å². The molecule has 0 spiro atoms. The highest BCUT2D eigenvalue weighted by molar-refractivity contribution is 7.14. The molecule has 0 aliphatic heterocycles. The van der Waals surface area contributed by atoms with Crippen LogP contribution in [-0.2, 0) is 9.59 Å². The number of aliphatic carboxylic acids is 1. The molecule has 0 fully saturated rings. The average molecular weight is 271 g/mol. The van der Waals surface area contributed by atoms with E-state index in [-0.39, 0.29) is 18.0 Å². The first-order chi connectivity index (χ1) is 8.38. The van der Waals surface area contributed by atoms with E-state index in [1.54, 1.807) is 6.92 Å². The first-order valence-corrected chi connectivity index (χ1v) is 6.02. The third-order valence-electron chi connectivity index (χ3n) is 1.88. The fourth-order valence-electron chi connectivity index (χ4n) is 1.20. The summed E-state index contributed by atoms with van der Waals surface area (Å²) < 4.78 is 0. The first-order valence-electron chi connectivity index (χ1n) is 5.14. The smallest absolute Gasteiger partial charge is 0.305 e. The number of carbonyl (C=O) groups is 3. The van der Waals surface area contributed by atoms with E-state index in [9.17, 15) is 14.4 Å². The fraction of sp³-hybridized carbons (Fsp3) is 0.400. The third-order valence-corrected chi connectivity index (χ3v) is 2.64. The van der Waals surface area contributed by atoms with Crippen molar-refractivity contribution in [1.29, 1.82) is 0 Å². The Labute approximate surface area is 107 Å². The Balaban J connectivity index is 2.59. The van der Waals surface area contributed by atoms with Gasteiger partial charge in [0.2, 0.25) is 5.91 Å². The number of carboxylic acid groups (broad SMARTS) is 1. The molecule has 1 aromatic rings. The average Bonchev–Trinajstić information content (AvgIpc) is 2.63. The molecule has 18 heavy (non-hydrogen) atoms. The second kappa shape index (κ2) is 6.10. The Morgan fingerprint density at radius 3 is 2.72 bits per heavy atom. The van der Waals surface area contributed by atoms with Crippen molar-refractivity contribution < 1.29 is 19.5 Å². The number of hydrogen-bond donors (Lipinski definition) is 3.